The van der Waals surface area contributed by atoms with Gasteiger partial charge in [-0.2, -0.15) is 0 Å². The van der Waals surface area contributed by atoms with E-state index in [1.54, 1.807) is 0 Å². The molecule has 17 heavy (non-hydrogen) atoms. The number of hydrogen-bond acceptors (Lipinski definition) is 3. The van der Waals surface area contributed by atoms with Crippen LogP contribution in [0, 0.1) is 5.92 Å². The van der Waals surface area contributed by atoms with E-state index in [0.29, 0.717) is 6.04 Å². The van der Waals surface area contributed by atoms with Gasteiger partial charge in [-0.25, -0.2) is 0 Å². The van der Waals surface area contributed by atoms with Crippen molar-refractivity contribution in [2.75, 3.05) is 40.3 Å². The Kier molecular flexibility index (Phi) is 6.45. The van der Waals surface area contributed by atoms with Gasteiger partial charge in [0.1, 0.15) is 0 Å². The van der Waals surface area contributed by atoms with E-state index >= 15 is 0 Å². The van der Waals surface area contributed by atoms with Gasteiger partial charge in [-0.3, -0.25) is 4.90 Å². The van der Waals surface area contributed by atoms with Gasteiger partial charge < -0.3 is 10.2 Å². The van der Waals surface area contributed by atoms with Crippen LogP contribution in [0.5, 0.6) is 0 Å². The van der Waals surface area contributed by atoms with Crippen molar-refractivity contribution < 1.29 is 0 Å². The molecule has 0 aromatic rings. The molecule has 1 fully saturated rings. The number of piperidine rings is 1. The van der Waals surface area contributed by atoms with Gasteiger partial charge in [-0.05, 0) is 52.5 Å². The van der Waals surface area contributed by atoms with E-state index in [-0.39, 0.29) is 0 Å². The van der Waals surface area contributed by atoms with E-state index in [1.807, 2.05) is 0 Å². The Morgan fingerprint density at radius 3 is 2.29 bits per heavy atom. The summed E-state index contributed by atoms with van der Waals surface area (Å²) in [6.45, 7) is 11.8. The number of hydrogen-bond donors (Lipinski definition) is 1. The summed E-state index contributed by atoms with van der Waals surface area (Å²) in [6.07, 6.45) is 2.66. The van der Waals surface area contributed by atoms with E-state index in [9.17, 15) is 0 Å². The largest absolute Gasteiger partial charge is 0.318 e. The monoisotopic (exact) mass is 241 g/mol. The lowest BCUT2D eigenvalue weighted by atomic mass is 9.96. The summed E-state index contributed by atoms with van der Waals surface area (Å²) >= 11 is 0. The number of nitrogens with zero attached hydrogens (tertiary/aromatic N) is 2. The maximum Gasteiger partial charge on any atom is 0.0243 e. The van der Waals surface area contributed by atoms with Crippen molar-refractivity contribution in [3.63, 3.8) is 0 Å². The third kappa shape index (κ3) is 4.23. The smallest absolute Gasteiger partial charge is 0.0243 e. The molecule has 0 spiro atoms. The predicted octanol–water partition coefficient (Wildman–Crippen LogP) is 1.65. The third-order valence-electron chi connectivity index (χ3n) is 4.29. The lowest BCUT2D eigenvalue weighted by molar-refractivity contribution is 0.0797. The molecule has 0 amide bonds. The molecule has 0 aromatic heterocycles. The van der Waals surface area contributed by atoms with Gasteiger partial charge in [-0.15, -0.1) is 0 Å². The molecule has 0 bridgehead atoms. The Morgan fingerprint density at radius 1 is 1.29 bits per heavy atom. The first-order valence-electron chi connectivity index (χ1n) is 7.19. The van der Waals surface area contributed by atoms with E-state index < -0.39 is 0 Å². The second kappa shape index (κ2) is 7.34. The third-order valence-corrected chi connectivity index (χ3v) is 4.29. The minimum atomic E-state index is 0.665. The van der Waals surface area contributed by atoms with Crippen LogP contribution in [-0.2, 0) is 0 Å². The minimum absolute atomic E-state index is 0.665. The molecule has 1 aliphatic heterocycles. The van der Waals surface area contributed by atoms with Gasteiger partial charge in [0.25, 0.3) is 0 Å². The van der Waals surface area contributed by atoms with Crippen LogP contribution < -0.4 is 5.32 Å². The fraction of sp³-hybridized carbons (Fsp3) is 1.00. The number of nitrogens with one attached hydrogen (secondary N) is 1. The average molecular weight is 241 g/mol. The molecule has 0 radical (unpaired) electrons. The predicted molar refractivity (Wildman–Crippen MR) is 75.5 cm³/mol. The van der Waals surface area contributed by atoms with Crippen LogP contribution in [0.4, 0.5) is 0 Å². The summed E-state index contributed by atoms with van der Waals surface area (Å²) in [5, 5.41) is 3.34. The quantitative estimate of drug-likeness (QED) is 0.763. The standard InChI is InChI=1S/C14H31N3/c1-6-17-9-7-13(8-10-17)16(5)14(11-15-4)12(2)3/h12-15H,6-11H2,1-5H3. The van der Waals surface area contributed by atoms with Gasteiger partial charge in [0.05, 0.1) is 0 Å². The molecular formula is C14H31N3. The summed E-state index contributed by atoms with van der Waals surface area (Å²) in [5.41, 5.74) is 0. The molecule has 1 atom stereocenters. The van der Waals surface area contributed by atoms with Crippen LogP contribution in [0.1, 0.15) is 33.6 Å². The summed E-state index contributed by atoms with van der Waals surface area (Å²) in [5.74, 6) is 0.719. The number of likely N-dealkylation sites (tertiary alicyclic amines) is 1. The first-order valence-corrected chi connectivity index (χ1v) is 7.19. The highest BCUT2D eigenvalue weighted by Gasteiger charge is 2.27. The fourth-order valence-electron chi connectivity index (χ4n) is 2.97. The Bertz CT molecular complexity index is 198. The van der Waals surface area contributed by atoms with Gasteiger partial charge in [0.15, 0.2) is 0 Å². The molecule has 1 saturated heterocycles. The fourth-order valence-corrected chi connectivity index (χ4v) is 2.97. The van der Waals surface area contributed by atoms with Crippen molar-refractivity contribution in [2.45, 2.75) is 45.7 Å². The normalized spacial score (nSPS) is 21.4. The highest BCUT2D eigenvalue weighted by molar-refractivity contribution is 4.84. The van der Waals surface area contributed by atoms with Crippen molar-refractivity contribution in [3.05, 3.63) is 0 Å². The molecule has 1 N–H and O–H groups in total. The van der Waals surface area contributed by atoms with Crippen LogP contribution in [0.25, 0.3) is 0 Å². The van der Waals surface area contributed by atoms with Crippen molar-refractivity contribution >= 4 is 0 Å². The van der Waals surface area contributed by atoms with Gasteiger partial charge in [0.2, 0.25) is 0 Å². The summed E-state index contributed by atoms with van der Waals surface area (Å²) in [4.78, 5) is 5.18. The van der Waals surface area contributed by atoms with Crippen LogP contribution in [0.15, 0.2) is 0 Å². The highest BCUT2D eigenvalue weighted by atomic mass is 15.2. The first kappa shape index (κ1) is 14.9. The van der Waals surface area contributed by atoms with Crippen LogP contribution >= 0.6 is 0 Å². The molecule has 0 saturated carbocycles. The van der Waals surface area contributed by atoms with E-state index in [1.165, 1.54) is 32.5 Å². The maximum absolute atomic E-state index is 3.34. The van der Waals surface area contributed by atoms with Crippen LogP contribution in [0.2, 0.25) is 0 Å². The molecule has 102 valence electrons. The molecule has 1 heterocycles. The second-order valence-corrected chi connectivity index (χ2v) is 5.70. The van der Waals surface area contributed by atoms with E-state index in [2.05, 4.69) is 50.0 Å². The van der Waals surface area contributed by atoms with Crippen LogP contribution in [-0.4, -0.2) is 62.2 Å². The zero-order valence-electron chi connectivity index (χ0n) is 12.4. The molecule has 1 unspecified atom stereocenters. The first-order chi connectivity index (χ1) is 8.10. The minimum Gasteiger partial charge on any atom is -0.318 e. The summed E-state index contributed by atoms with van der Waals surface area (Å²) in [7, 11) is 4.37. The second-order valence-electron chi connectivity index (χ2n) is 5.70. The van der Waals surface area contributed by atoms with Crippen molar-refractivity contribution in [2.24, 2.45) is 5.92 Å². The van der Waals surface area contributed by atoms with Crippen LogP contribution in [0.3, 0.4) is 0 Å². The molecule has 3 nitrogen and oxygen atoms in total. The van der Waals surface area contributed by atoms with Crippen molar-refractivity contribution in [1.29, 1.82) is 0 Å². The Hall–Kier alpha value is -0.120. The SMILES string of the molecule is CCN1CCC(N(C)C(CNC)C(C)C)CC1. The molecule has 0 aromatic carbocycles. The topological polar surface area (TPSA) is 18.5 Å². The van der Waals surface area contributed by atoms with Gasteiger partial charge in [-0.1, -0.05) is 20.8 Å². The van der Waals surface area contributed by atoms with Crippen molar-refractivity contribution in [1.82, 2.24) is 15.1 Å². The zero-order chi connectivity index (χ0) is 12.8. The molecule has 3 heteroatoms. The molecule has 1 aliphatic rings. The lowest BCUT2D eigenvalue weighted by Crippen LogP contribution is -2.51. The van der Waals surface area contributed by atoms with Crippen molar-refractivity contribution in [3.8, 4) is 0 Å². The zero-order valence-corrected chi connectivity index (χ0v) is 12.4. The highest BCUT2D eigenvalue weighted by Crippen LogP contribution is 2.20. The number of likely N-dealkylation sites (N-methyl/N-ethyl adjacent to an activating group) is 2. The van der Waals surface area contributed by atoms with Gasteiger partial charge in [0, 0.05) is 18.6 Å². The van der Waals surface area contributed by atoms with E-state index in [0.717, 1.165) is 18.5 Å². The van der Waals surface area contributed by atoms with Gasteiger partial charge >= 0.3 is 0 Å². The lowest BCUT2D eigenvalue weighted by Gasteiger charge is -2.41. The molecule has 0 aliphatic carbocycles. The summed E-state index contributed by atoms with van der Waals surface area (Å²) < 4.78 is 0. The summed E-state index contributed by atoms with van der Waals surface area (Å²) in [6, 6.07) is 1.44. The molecule has 1 rings (SSSR count). The number of rotatable bonds is 6. The Balaban J connectivity index is 2.48. The Morgan fingerprint density at radius 2 is 1.88 bits per heavy atom. The van der Waals surface area contributed by atoms with E-state index in [4.69, 9.17) is 0 Å². The Labute approximate surface area is 108 Å². The average Bonchev–Trinajstić information content (AvgIpc) is 2.35. The molecular weight excluding hydrogens is 210 g/mol. The maximum atomic E-state index is 3.34.